The SMILES string of the molecule is CCOC1CC(N(C)C(=O)C2CC23CCNCC3)C1(C)C.Cl. The van der Waals surface area contributed by atoms with Crippen molar-refractivity contribution in [2.75, 3.05) is 26.7 Å². The van der Waals surface area contributed by atoms with Gasteiger partial charge >= 0.3 is 0 Å². The monoisotopic (exact) mass is 330 g/mol. The molecule has 4 nitrogen and oxygen atoms in total. The van der Waals surface area contributed by atoms with Crippen LogP contribution in [0.5, 0.6) is 0 Å². The van der Waals surface area contributed by atoms with Crippen LogP contribution in [0.2, 0.25) is 0 Å². The molecule has 1 aliphatic heterocycles. The van der Waals surface area contributed by atoms with E-state index in [0.717, 1.165) is 32.5 Å². The van der Waals surface area contributed by atoms with Gasteiger partial charge in [0.2, 0.25) is 5.91 Å². The highest BCUT2D eigenvalue weighted by Crippen LogP contribution is 2.60. The van der Waals surface area contributed by atoms with Gasteiger partial charge in [-0.2, -0.15) is 0 Å². The molecule has 0 aromatic carbocycles. The Balaban J connectivity index is 0.00000176. The third-order valence-corrected chi connectivity index (χ3v) is 6.40. The smallest absolute Gasteiger partial charge is 0.226 e. The Morgan fingerprint density at radius 2 is 1.95 bits per heavy atom. The first-order valence-corrected chi connectivity index (χ1v) is 8.51. The van der Waals surface area contributed by atoms with Crippen LogP contribution in [-0.2, 0) is 9.53 Å². The van der Waals surface area contributed by atoms with Crippen molar-refractivity contribution in [3.8, 4) is 0 Å². The van der Waals surface area contributed by atoms with E-state index in [0.29, 0.717) is 23.5 Å². The average molecular weight is 331 g/mol. The zero-order chi connectivity index (χ0) is 15.3. The second kappa shape index (κ2) is 6.29. The van der Waals surface area contributed by atoms with Crippen LogP contribution in [0.15, 0.2) is 0 Å². The maximum absolute atomic E-state index is 12.8. The molecule has 2 saturated carbocycles. The maximum Gasteiger partial charge on any atom is 0.226 e. The predicted octanol–water partition coefficient (Wildman–Crippen LogP) is 2.46. The van der Waals surface area contributed by atoms with E-state index in [2.05, 4.69) is 19.2 Å². The summed E-state index contributed by atoms with van der Waals surface area (Å²) in [6.45, 7) is 9.43. The summed E-state index contributed by atoms with van der Waals surface area (Å²) in [5.74, 6) is 0.663. The second-order valence-electron chi connectivity index (χ2n) is 7.84. The van der Waals surface area contributed by atoms with Crippen LogP contribution in [0.25, 0.3) is 0 Å². The number of rotatable bonds is 4. The summed E-state index contributed by atoms with van der Waals surface area (Å²) in [4.78, 5) is 14.9. The molecule has 0 aromatic rings. The first-order chi connectivity index (χ1) is 9.92. The van der Waals surface area contributed by atoms with Gasteiger partial charge in [-0.25, -0.2) is 0 Å². The molecule has 1 heterocycles. The van der Waals surface area contributed by atoms with Crippen molar-refractivity contribution in [1.82, 2.24) is 10.2 Å². The molecule has 1 saturated heterocycles. The molecule has 3 rings (SSSR count). The van der Waals surface area contributed by atoms with Gasteiger partial charge in [-0.05, 0) is 51.1 Å². The second-order valence-corrected chi connectivity index (χ2v) is 7.84. The molecule has 0 aromatic heterocycles. The molecule has 0 radical (unpaired) electrons. The van der Waals surface area contributed by atoms with Crippen molar-refractivity contribution in [1.29, 1.82) is 0 Å². The first-order valence-electron chi connectivity index (χ1n) is 8.51. The number of amides is 1. The van der Waals surface area contributed by atoms with Crippen LogP contribution in [-0.4, -0.2) is 49.7 Å². The Labute approximate surface area is 140 Å². The molecule has 2 aliphatic carbocycles. The number of halogens is 1. The van der Waals surface area contributed by atoms with Gasteiger partial charge in [0.05, 0.1) is 6.10 Å². The van der Waals surface area contributed by atoms with E-state index in [1.165, 1.54) is 12.8 Å². The van der Waals surface area contributed by atoms with Crippen molar-refractivity contribution >= 4 is 18.3 Å². The van der Waals surface area contributed by atoms with Crippen LogP contribution in [0.4, 0.5) is 0 Å². The number of carbonyl (C=O) groups excluding carboxylic acids is 1. The molecule has 0 bridgehead atoms. The lowest BCUT2D eigenvalue weighted by Crippen LogP contribution is -2.62. The fraction of sp³-hybridized carbons (Fsp3) is 0.941. The highest BCUT2D eigenvalue weighted by Gasteiger charge is 2.60. The zero-order valence-corrected chi connectivity index (χ0v) is 15.2. The van der Waals surface area contributed by atoms with Crippen LogP contribution >= 0.6 is 12.4 Å². The maximum atomic E-state index is 12.8. The van der Waals surface area contributed by atoms with Crippen LogP contribution in [0.1, 0.15) is 46.5 Å². The molecular weight excluding hydrogens is 300 g/mol. The molecule has 3 unspecified atom stereocenters. The molecule has 3 atom stereocenters. The predicted molar refractivity (Wildman–Crippen MR) is 90.3 cm³/mol. The Morgan fingerprint density at radius 3 is 2.50 bits per heavy atom. The van der Waals surface area contributed by atoms with E-state index in [9.17, 15) is 4.79 Å². The Hall–Kier alpha value is -0.320. The normalized spacial score (nSPS) is 34.5. The Kier molecular flexibility index (Phi) is 5.15. The van der Waals surface area contributed by atoms with Crippen molar-refractivity contribution in [2.45, 2.75) is 58.6 Å². The van der Waals surface area contributed by atoms with Gasteiger partial charge in [0.15, 0.2) is 0 Å². The van der Waals surface area contributed by atoms with E-state index in [1.807, 2.05) is 18.9 Å². The van der Waals surface area contributed by atoms with Crippen molar-refractivity contribution in [3.63, 3.8) is 0 Å². The fourth-order valence-electron chi connectivity index (χ4n) is 4.58. The summed E-state index contributed by atoms with van der Waals surface area (Å²) in [6.07, 6.45) is 4.75. The third-order valence-electron chi connectivity index (χ3n) is 6.40. The van der Waals surface area contributed by atoms with Gasteiger partial charge in [-0.1, -0.05) is 13.8 Å². The van der Waals surface area contributed by atoms with Crippen LogP contribution in [0.3, 0.4) is 0 Å². The highest BCUT2D eigenvalue weighted by atomic mass is 35.5. The number of ether oxygens (including phenoxy) is 1. The summed E-state index contributed by atoms with van der Waals surface area (Å²) >= 11 is 0. The molecule has 128 valence electrons. The molecule has 1 N–H and O–H groups in total. The number of nitrogens with zero attached hydrogens (tertiary/aromatic N) is 1. The quantitative estimate of drug-likeness (QED) is 0.861. The lowest BCUT2D eigenvalue weighted by atomic mass is 9.63. The Morgan fingerprint density at radius 1 is 1.32 bits per heavy atom. The Bertz CT molecular complexity index is 421. The van der Waals surface area contributed by atoms with Gasteiger partial charge < -0.3 is 15.0 Å². The largest absolute Gasteiger partial charge is 0.378 e. The van der Waals surface area contributed by atoms with Gasteiger partial charge in [0.25, 0.3) is 0 Å². The average Bonchev–Trinajstić information content (AvgIpc) is 3.15. The fourth-order valence-corrected chi connectivity index (χ4v) is 4.58. The van der Waals surface area contributed by atoms with E-state index in [1.54, 1.807) is 0 Å². The highest BCUT2D eigenvalue weighted by molar-refractivity contribution is 5.85. The van der Waals surface area contributed by atoms with E-state index >= 15 is 0 Å². The van der Waals surface area contributed by atoms with Gasteiger partial charge in [-0.15, -0.1) is 12.4 Å². The number of nitrogens with one attached hydrogen (secondary N) is 1. The van der Waals surface area contributed by atoms with Crippen molar-refractivity contribution < 1.29 is 9.53 Å². The number of carbonyl (C=O) groups is 1. The minimum atomic E-state index is 0. The van der Waals surface area contributed by atoms with Gasteiger partial charge in [0.1, 0.15) is 0 Å². The molecule has 5 heteroatoms. The lowest BCUT2D eigenvalue weighted by molar-refractivity contribution is -0.165. The number of piperidine rings is 1. The third kappa shape index (κ3) is 2.78. The summed E-state index contributed by atoms with van der Waals surface area (Å²) in [5, 5.41) is 3.41. The lowest BCUT2D eigenvalue weighted by Gasteiger charge is -2.55. The summed E-state index contributed by atoms with van der Waals surface area (Å²) in [6, 6.07) is 0.334. The standard InChI is InChI=1S/C17H30N2O2.ClH/c1-5-21-14-10-13(16(14,2)3)19(4)15(20)12-11-17(12)6-8-18-9-7-17;/h12-14,18H,5-11H2,1-4H3;1H. The van der Waals surface area contributed by atoms with Crippen molar-refractivity contribution in [2.24, 2.45) is 16.7 Å². The zero-order valence-electron chi connectivity index (χ0n) is 14.4. The topological polar surface area (TPSA) is 41.6 Å². The van der Waals surface area contributed by atoms with Crippen molar-refractivity contribution in [3.05, 3.63) is 0 Å². The molecule has 3 fully saturated rings. The van der Waals surface area contributed by atoms with Gasteiger partial charge in [-0.3, -0.25) is 4.79 Å². The molecule has 1 spiro atoms. The first kappa shape index (κ1) is 18.0. The van der Waals surface area contributed by atoms with Gasteiger partial charge in [0, 0.05) is 31.0 Å². The van der Waals surface area contributed by atoms with Crippen LogP contribution < -0.4 is 5.32 Å². The van der Waals surface area contributed by atoms with E-state index in [-0.39, 0.29) is 23.7 Å². The minimum absolute atomic E-state index is 0. The minimum Gasteiger partial charge on any atom is -0.378 e. The number of hydrogen-bond acceptors (Lipinski definition) is 3. The molecular formula is C17H31ClN2O2. The van der Waals surface area contributed by atoms with E-state index in [4.69, 9.17) is 4.74 Å². The number of hydrogen-bond donors (Lipinski definition) is 1. The van der Waals surface area contributed by atoms with E-state index < -0.39 is 0 Å². The summed E-state index contributed by atoms with van der Waals surface area (Å²) in [5.41, 5.74) is 0.417. The molecule has 22 heavy (non-hydrogen) atoms. The summed E-state index contributed by atoms with van der Waals surface area (Å²) in [7, 11) is 2.00. The molecule has 1 amide bonds. The van der Waals surface area contributed by atoms with Crippen LogP contribution in [0, 0.1) is 16.7 Å². The molecule has 3 aliphatic rings. The summed E-state index contributed by atoms with van der Waals surface area (Å²) < 4.78 is 5.79.